The third-order valence-electron chi connectivity index (χ3n) is 6.60. The van der Waals surface area contributed by atoms with E-state index < -0.39 is 11.6 Å². The van der Waals surface area contributed by atoms with Crippen LogP contribution in [0.5, 0.6) is 0 Å². The van der Waals surface area contributed by atoms with Gasteiger partial charge in [-0.3, -0.25) is 4.79 Å². The lowest BCUT2D eigenvalue weighted by Gasteiger charge is -2.31. The Labute approximate surface area is 179 Å². The van der Waals surface area contributed by atoms with Crippen LogP contribution in [0.4, 0.5) is 5.69 Å². The molecule has 7 nitrogen and oxygen atoms in total. The van der Waals surface area contributed by atoms with Gasteiger partial charge in [-0.2, -0.15) is 0 Å². The van der Waals surface area contributed by atoms with E-state index in [2.05, 4.69) is 30.0 Å². The molecular formula is C24H25N3O4. The van der Waals surface area contributed by atoms with Gasteiger partial charge in [-0.05, 0) is 36.6 Å². The van der Waals surface area contributed by atoms with Gasteiger partial charge in [-0.15, -0.1) is 0 Å². The predicted molar refractivity (Wildman–Crippen MR) is 118 cm³/mol. The molecule has 0 spiro atoms. The quantitative estimate of drug-likeness (QED) is 0.514. The molecule has 5 rings (SSSR count). The Morgan fingerprint density at radius 1 is 1.23 bits per heavy atom. The number of pyridine rings is 2. The fourth-order valence-corrected chi connectivity index (χ4v) is 4.78. The first-order valence-electron chi connectivity index (χ1n) is 10.6. The van der Waals surface area contributed by atoms with Crippen LogP contribution in [0.15, 0.2) is 29.1 Å². The molecule has 0 saturated heterocycles. The van der Waals surface area contributed by atoms with Crippen LogP contribution in [0.25, 0.3) is 22.3 Å². The fourth-order valence-electron chi connectivity index (χ4n) is 4.78. The molecule has 0 fully saturated rings. The van der Waals surface area contributed by atoms with Gasteiger partial charge in [-0.25, -0.2) is 9.78 Å². The normalized spacial score (nSPS) is 19.1. The summed E-state index contributed by atoms with van der Waals surface area (Å²) in [6, 6.07) is 8.07. The van der Waals surface area contributed by atoms with E-state index in [-0.39, 0.29) is 18.6 Å². The summed E-state index contributed by atoms with van der Waals surface area (Å²) >= 11 is 0. The van der Waals surface area contributed by atoms with Crippen molar-refractivity contribution in [2.24, 2.45) is 0 Å². The van der Waals surface area contributed by atoms with Gasteiger partial charge >= 0.3 is 5.97 Å². The van der Waals surface area contributed by atoms with Crippen molar-refractivity contribution >= 4 is 22.6 Å². The van der Waals surface area contributed by atoms with Crippen molar-refractivity contribution in [3.05, 3.63) is 56.9 Å². The van der Waals surface area contributed by atoms with Crippen LogP contribution in [-0.4, -0.2) is 34.7 Å². The highest BCUT2D eigenvalue weighted by atomic mass is 16.6. The lowest BCUT2D eigenvalue weighted by atomic mass is 9.86. The monoisotopic (exact) mass is 419 g/mol. The molecule has 0 saturated carbocycles. The van der Waals surface area contributed by atoms with E-state index in [1.807, 2.05) is 14.1 Å². The third kappa shape index (κ3) is 2.59. The van der Waals surface area contributed by atoms with Crippen molar-refractivity contribution in [3.8, 4) is 11.4 Å². The molecule has 0 amide bonds. The molecule has 31 heavy (non-hydrogen) atoms. The number of fused-ring (bicyclic) bond motifs is 5. The van der Waals surface area contributed by atoms with Gasteiger partial charge in [-0.1, -0.05) is 19.9 Å². The second kappa shape index (κ2) is 6.65. The van der Waals surface area contributed by atoms with Gasteiger partial charge in [0.05, 0.1) is 29.0 Å². The van der Waals surface area contributed by atoms with Crippen molar-refractivity contribution in [2.75, 3.05) is 19.0 Å². The minimum Gasteiger partial charge on any atom is -0.458 e. The van der Waals surface area contributed by atoms with Crippen molar-refractivity contribution in [3.63, 3.8) is 0 Å². The standard InChI is InChI=1S/C24H25N3O4/c1-5-13-7-8-18(26(3)4)15-9-14-11-27-19(21(14)25-20(13)15)10-17-16(22(27)28)12-31-23(29)24(17,30)6-2/h7-10,30H,5-6,11-12H2,1-4H3/t24-/m0/s1. The van der Waals surface area contributed by atoms with Gasteiger partial charge in [0.1, 0.15) is 6.61 Å². The Morgan fingerprint density at radius 3 is 2.68 bits per heavy atom. The zero-order valence-corrected chi connectivity index (χ0v) is 18.2. The van der Waals surface area contributed by atoms with E-state index in [0.717, 1.165) is 39.8 Å². The Morgan fingerprint density at radius 2 is 2.00 bits per heavy atom. The average molecular weight is 419 g/mol. The SMILES string of the molecule is CCc1ccc(N(C)C)c2cc3c(nc12)-c1cc2c(c(=O)n1C3)COC(=O)[C@]2(O)CC. The predicted octanol–water partition coefficient (Wildman–Crippen LogP) is 2.71. The summed E-state index contributed by atoms with van der Waals surface area (Å²) in [7, 11) is 4.01. The number of carbonyl (C=O) groups excluding carboxylic acids is 1. The van der Waals surface area contributed by atoms with Crippen LogP contribution in [0.3, 0.4) is 0 Å². The highest BCUT2D eigenvalue weighted by Crippen LogP contribution is 2.40. The van der Waals surface area contributed by atoms with Gasteiger partial charge in [0.2, 0.25) is 0 Å². The lowest BCUT2D eigenvalue weighted by molar-refractivity contribution is -0.172. The summed E-state index contributed by atoms with van der Waals surface area (Å²) < 4.78 is 6.81. The summed E-state index contributed by atoms with van der Waals surface area (Å²) in [6.45, 7) is 4.09. The van der Waals surface area contributed by atoms with Crippen LogP contribution in [-0.2, 0) is 34.7 Å². The molecule has 2 aliphatic heterocycles. The second-order valence-electron chi connectivity index (χ2n) is 8.49. The molecule has 0 aliphatic carbocycles. The Kier molecular flexibility index (Phi) is 4.24. The van der Waals surface area contributed by atoms with Crippen LogP contribution in [0.1, 0.15) is 42.5 Å². The lowest BCUT2D eigenvalue weighted by Crippen LogP contribution is -2.44. The number of hydrogen-bond donors (Lipinski definition) is 1. The second-order valence-corrected chi connectivity index (χ2v) is 8.49. The zero-order chi connectivity index (χ0) is 22.1. The first kappa shape index (κ1) is 19.8. The molecule has 4 heterocycles. The van der Waals surface area contributed by atoms with Gasteiger partial charge in [0, 0.05) is 36.3 Å². The Balaban J connectivity index is 1.81. The topological polar surface area (TPSA) is 84.7 Å². The Hall–Kier alpha value is -3.19. The first-order chi connectivity index (χ1) is 14.8. The number of aryl methyl sites for hydroxylation is 1. The van der Waals surface area contributed by atoms with E-state index >= 15 is 0 Å². The van der Waals surface area contributed by atoms with Crippen molar-refractivity contribution in [1.82, 2.24) is 9.55 Å². The molecule has 1 N–H and O–H groups in total. The number of esters is 1. The van der Waals surface area contributed by atoms with E-state index in [0.29, 0.717) is 23.4 Å². The Bertz CT molecular complexity index is 1320. The molecule has 2 aliphatic rings. The molecule has 2 aromatic heterocycles. The van der Waals surface area contributed by atoms with Gasteiger partial charge in [0.15, 0.2) is 5.60 Å². The number of anilines is 1. The minimum absolute atomic E-state index is 0.119. The van der Waals surface area contributed by atoms with E-state index in [4.69, 9.17) is 9.72 Å². The maximum Gasteiger partial charge on any atom is 0.343 e. The summed E-state index contributed by atoms with van der Waals surface area (Å²) in [5.74, 6) is -0.708. The number of carbonyl (C=O) groups is 1. The molecule has 1 atom stereocenters. The van der Waals surface area contributed by atoms with E-state index in [1.54, 1.807) is 17.6 Å². The van der Waals surface area contributed by atoms with Crippen LogP contribution >= 0.6 is 0 Å². The highest BCUT2D eigenvalue weighted by Gasteiger charge is 2.45. The molecule has 0 unspecified atom stereocenters. The van der Waals surface area contributed by atoms with E-state index in [1.165, 1.54) is 0 Å². The summed E-state index contributed by atoms with van der Waals surface area (Å²) in [5.41, 5.74) is 4.08. The molecule has 7 heteroatoms. The number of aliphatic hydroxyl groups is 1. The molecule has 160 valence electrons. The number of ether oxygens (including phenoxy) is 1. The summed E-state index contributed by atoms with van der Waals surface area (Å²) in [5, 5.41) is 12.1. The molecule has 1 aromatic carbocycles. The number of cyclic esters (lactones) is 1. The van der Waals surface area contributed by atoms with Crippen molar-refractivity contribution in [2.45, 2.75) is 45.4 Å². The largest absolute Gasteiger partial charge is 0.458 e. The number of benzene rings is 1. The molecule has 0 radical (unpaired) electrons. The molecular weight excluding hydrogens is 394 g/mol. The number of rotatable bonds is 3. The van der Waals surface area contributed by atoms with Crippen molar-refractivity contribution in [1.29, 1.82) is 0 Å². The number of hydrogen-bond acceptors (Lipinski definition) is 6. The maximum atomic E-state index is 13.3. The minimum atomic E-state index is -1.81. The third-order valence-corrected chi connectivity index (χ3v) is 6.60. The highest BCUT2D eigenvalue weighted by molar-refractivity contribution is 5.96. The fraction of sp³-hybridized carbons (Fsp3) is 0.375. The summed E-state index contributed by atoms with van der Waals surface area (Å²) in [4.78, 5) is 32.7. The average Bonchev–Trinajstić information content (AvgIpc) is 3.12. The van der Waals surface area contributed by atoms with E-state index in [9.17, 15) is 14.7 Å². The van der Waals surface area contributed by atoms with Gasteiger partial charge < -0.3 is 19.3 Å². The van der Waals surface area contributed by atoms with Crippen LogP contribution in [0, 0.1) is 0 Å². The first-order valence-corrected chi connectivity index (χ1v) is 10.6. The number of aromatic nitrogens is 2. The number of nitrogens with zero attached hydrogens (tertiary/aromatic N) is 3. The maximum absolute atomic E-state index is 13.3. The van der Waals surface area contributed by atoms with Crippen LogP contribution in [0.2, 0.25) is 0 Å². The molecule has 3 aromatic rings. The van der Waals surface area contributed by atoms with Gasteiger partial charge in [0.25, 0.3) is 5.56 Å². The molecule has 0 bridgehead atoms. The summed E-state index contributed by atoms with van der Waals surface area (Å²) in [6.07, 6.45) is 0.973. The smallest absolute Gasteiger partial charge is 0.343 e. The zero-order valence-electron chi connectivity index (χ0n) is 18.2. The van der Waals surface area contributed by atoms with Crippen LogP contribution < -0.4 is 10.5 Å². The van der Waals surface area contributed by atoms with Crippen molar-refractivity contribution < 1.29 is 14.6 Å².